The van der Waals surface area contributed by atoms with Crippen LogP contribution in [-0.2, 0) is 28.9 Å². The smallest absolute Gasteiger partial charge is 0.136 e. The second kappa shape index (κ2) is 9.28. The third kappa shape index (κ3) is 4.27. The number of ketones is 1. The summed E-state index contributed by atoms with van der Waals surface area (Å²) in [4.78, 5) is 26.9. The van der Waals surface area contributed by atoms with E-state index < -0.39 is 0 Å². The lowest BCUT2D eigenvalue weighted by molar-refractivity contribution is -0.116. The summed E-state index contributed by atoms with van der Waals surface area (Å²) in [5, 5.41) is 9.73. The number of Topliss-reactive ketones (excluding diaryl/α,β-unsaturated/α-hetero) is 1. The SMILES string of the molecule is C#Cc1cc(/C=N/OC)ccc1-n1nc(-c2ccc(C)nc2)c2c1-c1sc(CC(C)=O)nc1CC2. The molecule has 0 fully saturated rings. The van der Waals surface area contributed by atoms with Crippen molar-refractivity contribution in [2.45, 2.75) is 33.1 Å². The Kier molecular flexibility index (Phi) is 6.01. The van der Waals surface area contributed by atoms with E-state index in [4.69, 9.17) is 21.3 Å². The van der Waals surface area contributed by atoms with Crippen molar-refractivity contribution in [3.05, 3.63) is 69.6 Å². The number of aromatic nitrogens is 4. The lowest BCUT2D eigenvalue weighted by atomic mass is 9.95. The summed E-state index contributed by atoms with van der Waals surface area (Å²) in [5.74, 6) is 2.89. The van der Waals surface area contributed by atoms with Gasteiger partial charge in [-0.15, -0.1) is 17.8 Å². The average molecular weight is 482 g/mol. The molecule has 7 nitrogen and oxygen atoms in total. The first-order valence-electron chi connectivity index (χ1n) is 11.2. The summed E-state index contributed by atoms with van der Waals surface area (Å²) >= 11 is 1.56. The minimum absolute atomic E-state index is 0.0965. The van der Waals surface area contributed by atoms with Gasteiger partial charge in [-0.05, 0) is 56.5 Å². The molecule has 0 amide bonds. The second-order valence-corrected chi connectivity index (χ2v) is 9.46. The minimum Gasteiger partial charge on any atom is -0.399 e. The number of thiazole rings is 1. The zero-order chi connectivity index (χ0) is 24.5. The van der Waals surface area contributed by atoms with Crippen LogP contribution >= 0.6 is 11.3 Å². The highest BCUT2D eigenvalue weighted by atomic mass is 32.1. The third-order valence-corrected chi connectivity index (χ3v) is 6.95. The van der Waals surface area contributed by atoms with E-state index in [9.17, 15) is 4.79 Å². The summed E-state index contributed by atoms with van der Waals surface area (Å²) in [6, 6.07) is 9.80. The standard InChI is InChI=1S/C27H23N5O2S/c1-5-19-13-18(14-29-34-4)7-11-23(19)32-26-21(25(31-32)20-8-6-16(2)28-15-20)9-10-22-27(26)35-24(30-22)12-17(3)33/h1,6-8,11,13-15H,9-10,12H2,2-4H3/b29-14+. The molecule has 0 bridgehead atoms. The van der Waals surface area contributed by atoms with E-state index in [1.165, 1.54) is 7.11 Å². The molecule has 1 aromatic carbocycles. The molecule has 0 atom stereocenters. The van der Waals surface area contributed by atoms with Crippen molar-refractivity contribution < 1.29 is 9.63 Å². The molecular formula is C27H23N5O2S. The summed E-state index contributed by atoms with van der Waals surface area (Å²) in [6.45, 7) is 3.55. The molecule has 3 heterocycles. The van der Waals surface area contributed by atoms with Crippen LogP contribution in [0, 0.1) is 19.3 Å². The molecule has 1 aliphatic carbocycles. The fourth-order valence-corrected chi connectivity index (χ4v) is 5.51. The average Bonchev–Trinajstić information content (AvgIpc) is 3.43. The fourth-order valence-electron chi connectivity index (χ4n) is 4.27. The number of carbonyl (C=O) groups excluding carboxylic acids is 1. The number of rotatable bonds is 6. The fraction of sp³-hybridized carbons (Fsp3) is 0.222. The number of hydrogen-bond acceptors (Lipinski definition) is 7. The van der Waals surface area contributed by atoms with Crippen molar-refractivity contribution in [1.82, 2.24) is 19.7 Å². The Morgan fingerprint density at radius 3 is 2.89 bits per heavy atom. The van der Waals surface area contributed by atoms with E-state index in [1.807, 2.05) is 48.1 Å². The van der Waals surface area contributed by atoms with E-state index in [1.54, 1.807) is 24.5 Å². The van der Waals surface area contributed by atoms with Crippen molar-refractivity contribution in [2.24, 2.45) is 5.16 Å². The summed E-state index contributed by atoms with van der Waals surface area (Å²) in [7, 11) is 1.50. The van der Waals surface area contributed by atoms with E-state index in [-0.39, 0.29) is 5.78 Å². The molecule has 0 aliphatic heterocycles. The molecule has 0 saturated heterocycles. The van der Waals surface area contributed by atoms with E-state index in [0.717, 1.165) is 67.9 Å². The number of aryl methyl sites for hydroxylation is 2. The predicted octanol–water partition coefficient (Wildman–Crippen LogP) is 4.56. The number of benzene rings is 1. The van der Waals surface area contributed by atoms with Gasteiger partial charge in [0.2, 0.25) is 0 Å². The van der Waals surface area contributed by atoms with Gasteiger partial charge in [-0.1, -0.05) is 17.1 Å². The van der Waals surface area contributed by atoms with Gasteiger partial charge in [0.1, 0.15) is 17.9 Å². The van der Waals surface area contributed by atoms with Crippen molar-refractivity contribution >= 4 is 23.3 Å². The maximum Gasteiger partial charge on any atom is 0.136 e. The molecule has 8 heteroatoms. The van der Waals surface area contributed by atoms with E-state index >= 15 is 0 Å². The number of oxime groups is 1. The van der Waals surface area contributed by atoms with Gasteiger partial charge in [-0.25, -0.2) is 9.67 Å². The topological polar surface area (TPSA) is 82.3 Å². The van der Waals surface area contributed by atoms with Crippen LogP contribution in [0.2, 0.25) is 0 Å². The molecule has 1 aliphatic rings. The van der Waals surface area contributed by atoms with Crippen LogP contribution in [0.4, 0.5) is 0 Å². The van der Waals surface area contributed by atoms with Gasteiger partial charge >= 0.3 is 0 Å². The van der Waals surface area contributed by atoms with Gasteiger partial charge in [0, 0.05) is 23.0 Å². The lowest BCUT2D eigenvalue weighted by Gasteiger charge is -2.15. The number of pyridine rings is 1. The maximum absolute atomic E-state index is 11.8. The first kappa shape index (κ1) is 22.7. The molecule has 0 unspecified atom stereocenters. The van der Waals surface area contributed by atoms with Crippen LogP contribution < -0.4 is 0 Å². The zero-order valence-corrected chi connectivity index (χ0v) is 20.5. The molecular weight excluding hydrogens is 458 g/mol. The second-order valence-electron chi connectivity index (χ2n) is 8.38. The third-order valence-electron chi connectivity index (χ3n) is 5.85. The number of nitrogens with zero attached hydrogens (tertiary/aromatic N) is 5. The number of terminal acetylenes is 1. The summed E-state index contributed by atoms with van der Waals surface area (Å²) in [6.07, 6.45) is 11.3. The van der Waals surface area contributed by atoms with Crippen molar-refractivity contribution in [3.8, 4) is 39.9 Å². The number of fused-ring (bicyclic) bond motifs is 3. The van der Waals surface area contributed by atoms with Crippen LogP contribution in [-0.4, -0.2) is 38.9 Å². The lowest BCUT2D eigenvalue weighted by Crippen LogP contribution is -2.07. The highest BCUT2D eigenvalue weighted by Crippen LogP contribution is 2.43. The van der Waals surface area contributed by atoms with Crippen LogP contribution in [0.3, 0.4) is 0 Å². The van der Waals surface area contributed by atoms with Crippen molar-refractivity contribution in [1.29, 1.82) is 0 Å². The Bertz CT molecular complexity index is 1510. The van der Waals surface area contributed by atoms with Crippen LogP contribution in [0.15, 0.2) is 41.7 Å². The molecule has 0 spiro atoms. The Hall–Kier alpha value is -4.09. The molecule has 3 aromatic heterocycles. The zero-order valence-electron chi connectivity index (χ0n) is 19.7. The number of carbonyl (C=O) groups is 1. The first-order valence-corrected chi connectivity index (χ1v) is 12.0. The van der Waals surface area contributed by atoms with Gasteiger partial charge in [0.05, 0.1) is 45.8 Å². The van der Waals surface area contributed by atoms with Gasteiger partial charge < -0.3 is 4.84 Å². The van der Waals surface area contributed by atoms with Gasteiger partial charge in [-0.3, -0.25) is 9.78 Å². The molecule has 174 valence electrons. The Morgan fingerprint density at radius 2 is 2.17 bits per heavy atom. The van der Waals surface area contributed by atoms with Crippen molar-refractivity contribution in [2.75, 3.05) is 7.11 Å². The van der Waals surface area contributed by atoms with Crippen molar-refractivity contribution in [3.63, 3.8) is 0 Å². The van der Waals surface area contributed by atoms with E-state index in [2.05, 4.69) is 16.1 Å². The highest BCUT2D eigenvalue weighted by Gasteiger charge is 2.30. The summed E-state index contributed by atoms with van der Waals surface area (Å²) < 4.78 is 1.92. The highest BCUT2D eigenvalue weighted by molar-refractivity contribution is 7.15. The van der Waals surface area contributed by atoms with Gasteiger partial charge in [0.15, 0.2) is 0 Å². The molecule has 35 heavy (non-hydrogen) atoms. The van der Waals surface area contributed by atoms with Gasteiger partial charge in [0.25, 0.3) is 0 Å². The van der Waals surface area contributed by atoms with Crippen LogP contribution in [0.25, 0.3) is 27.5 Å². The molecule has 0 saturated carbocycles. The predicted molar refractivity (Wildman–Crippen MR) is 137 cm³/mol. The van der Waals surface area contributed by atoms with Crippen LogP contribution in [0.5, 0.6) is 0 Å². The number of hydrogen-bond donors (Lipinski definition) is 0. The largest absolute Gasteiger partial charge is 0.399 e. The Labute approximate surface area is 207 Å². The Balaban J connectivity index is 1.74. The first-order chi connectivity index (χ1) is 17.0. The van der Waals surface area contributed by atoms with Crippen LogP contribution in [0.1, 0.15) is 40.0 Å². The molecule has 0 radical (unpaired) electrons. The molecule has 4 aromatic rings. The van der Waals surface area contributed by atoms with E-state index in [0.29, 0.717) is 12.0 Å². The monoisotopic (exact) mass is 481 g/mol. The minimum atomic E-state index is 0.0965. The molecule has 5 rings (SSSR count). The summed E-state index contributed by atoms with van der Waals surface area (Å²) in [5.41, 5.74) is 8.20. The molecule has 0 N–H and O–H groups in total. The normalized spacial score (nSPS) is 12.3. The maximum atomic E-state index is 11.8. The Morgan fingerprint density at radius 1 is 1.31 bits per heavy atom. The van der Waals surface area contributed by atoms with Gasteiger partial charge in [-0.2, -0.15) is 5.10 Å². The quantitative estimate of drug-likeness (QED) is 0.229.